The summed E-state index contributed by atoms with van der Waals surface area (Å²) in [6, 6.07) is 12.6. The molecule has 0 spiro atoms. The van der Waals surface area contributed by atoms with Crippen molar-refractivity contribution in [2.75, 3.05) is 47.3 Å². The van der Waals surface area contributed by atoms with Gasteiger partial charge in [-0.25, -0.2) is 19.2 Å². The summed E-state index contributed by atoms with van der Waals surface area (Å²) in [6.45, 7) is 17.6. The summed E-state index contributed by atoms with van der Waals surface area (Å²) in [7, 11) is 2.26. The Labute approximate surface area is 393 Å². The molecule has 15 heteroatoms. The molecule has 0 bridgehead atoms. The van der Waals surface area contributed by atoms with Crippen molar-refractivity contribution < 1.29 is 71.5 Å². The normalized spacial score (nSPS) is 14.3. The number of aryl methyl sites for hydroxylation is 1. The van der Waals surface area contributed by atoms with Crippen LogP contribution >= 0.6 is 0 Å². The topological polar surface area (TPSA) is 193 Å². The van der Waals surface area contributed by atoms with E-state index in [1.54, 1.807) is 31.2 Å². The molecule has 0 aromatic heterocycles. The van der Waals surface area contributed by atoms with Gasteiger partial charge < -0.3 is 37.9 Å². The third-order valence-electron chi connectivity index (χ3n) is 11.2. The van der Waals surface area contributed by atoms with Crippen molar-refractivity contribution in [1.29, 1.82) is 0 Å². The molecule has 3 rings (SSSR count). The molecule has 0 heterocycles. The molecule has 1 aliphatic carbocycles. The van der Waals surface area contributed by atoms with Crippen LogP contribution in [0.4, 0.5) is 0 Å². The van der Waals surface area contributed by atoms with Crippen molar-refractivity contribution in [3.05, 3.63) is 96.6 Å². The highest BCUT2D eigenvalue weighted by molar-refractivity contribution is 5.94. The molecule has 0 N–H and O–H groups in total. The second kappa shape index (κ2) is 27.8. The van der Waals surface area contributed by atoms with E-state index in [1.807, 2.05) is 18.2 Å². The van der Waals surface area contributed by atoms with E-state index < -0.39 is 73.9 Å². The van der Waals surface area contributed by atoms with Gasteiger partial charge in [-0.3, -0.25) is 14.4 Å². The quantitative estimate of drug-likeness (QED) is 0.0259. The monoisotopic (exact) mass is 930 g/mol. The van der Waals surface area contributed by atoms with E-state index in [9.17, 15) is 33.6 Å². The van der Waals surface area contributed by atoms with Crippen LogP contribution < -0.4 is 9.47 Å². The van der Waals surface area contributed by atoms with Crippen LogP contribution in [0.15, 0.2) is 91.1 Å². The van der Waals surface area contributed by atoms with Gasteiger partial charge >= 0.3 is 41.8 Å². The fraction of sp³-hybridized carbons (Fsp3) is 0.481. The summed E-state index contributed by atoms with van der Waals surface area (Å²) in [5.41, 5.74) is 0.585. The molecule has 0 aliphatic heterocycles. The van der Waals surface area contributed by atoms with Gasteiger partial charge in [-0.05, 0) is 99.2 Å². The summed E-state index contributed by atoms with van der Waals surface area (Å²) in [6.07, 6.45) is 8.24. The molecule has 0 radical (unpaired) electrons. The van der Waals surface area contributed by atoms with Gasteiger partial charge in [-0.15, -0.1) is 0 Å². The Balaban J connectivity index is 1.93. The smallest absolute Gasteiger partial charge is 0.333 e. The molecule has 364 valence electrons. The maximum atomic E-state index is 13.1. The molecule has 1 fully saturated rings. The Kier molecular flexibility index (Phi) is 22.8. The zero-order valence-corrected chi connectivity index (χ0v) is 39.7. The number of methoxy groups -OCH3 is 2. The first kappa shape index (κ1) is 54.8. The minimum atomic E-state index is -1.59. The number of rotatable bonds is 28. The molecule has 2 aromatic carbocycles. The number of ether oxygens (including phenoxy) is 8. The molecule has 2 aromatic rings. The van der Waals surface area contributed by atoms with E-state index >= 15 is 0 Å². The first-order chi connectivity index (χ1) is 31.9. The lowest BCUT2D eigenvalue weighted by Crippen LogP contribution is -2.44. The second-order valence-electron chi connectivity index (χ2n) is 17.0. The lowest BCUT2D eigenvalue weighted by atomic mass is 9.80. The van der Waals surface area contributed by atoms with Crippen LogP contribution in [0.1, 0.15) is 97.0 Å². The third kappa shape index (κ3) is 18.7. The number of hydrogen-bond donors (Lipinski definition) is 0. The molecule has 0 amide bonds. The Morgan fingerprint density at radius 3 is 1.70 bits per heavy atom. The van der Waals surface area contributed by atoms with Gasteiger partial charge in [0.05, 0.1) is 39.6 Å². The van der Waals surface area contributed by atoms with Crippen LogP contribution in [-0.2, 0) is 68.4 Å². The van der Waals surface area contributed by atoms with Gasteiger partial charge in [0.25, 0.3) is 0 Å². The van der Waals surface area contributed by atoms with Gasteiger partial charge in [-0.2, -0.15) is 0 Å². The van der Waals surface area contributed by atoms with Crippen LogP contribution in [0.3, 0.4) is 0 Å². The zero-order valence-electron chi connectivity index (χ0n) is 39.7. The van der Waals surface area contributed by atoms with Crippen molar-refractivity contribution in [2.45, 2.75) is 97.8 Å². The molecule has 15 nitrogen and oxygen atoms in total. The first-order valence-electron chi connectivity index (χ1n) is 22.5. The molecule has 67 heavy (non-hydrogen) atoms. The first-order valence-corrected chi connectivity index (χ1v) is 22.5. The van der Waals surface area contributed by atoms with Crippen LogP contribution in [0.2, 0.25) is 0 Å². The number of hydrogen-bond acceptors (Lipinski definition) is 15. The van der Waals surface area contributed by atoms with E-state index in [0.29, 0.717) is 35.8 Å². The second-order valence-corrected chi connectivity index (χ2v) is 17.0. The van der Waals surface area contributed by atoms with E-state index in [1.165, 1.54) is 32.6 Å². The number of carbonyl (C=O) groups is 7. The van der Waals surface area contributed by atoms with Crippen molar-refractivity contribution in [2.24, 2.45) is 17.3 Å². The average Bonchev–Trinajstić information content (AvgIpc) is 3.32. The minimum Gasteiger partial charge on any atom is -0.492 e. The molecular formula is C52H66O15. The van der Waals surface area contributed by atoms with E-state index in [0.717, 1.165) is 51.0 Å². The average molecular weight is 931 g/mol. The Bertz CT molecular complexity index is 2060. The van der Waals surface area contributed by atoms with E-state index in [4.69, 9.17) is 28.4 Å². The lowest BCUT2D eigenvalue weighted by molar-refractivity contribution is -0.163. The van der Waals surface area contributed by atoms with Crippen LogP contribution in [0.5, 0.6) is 11.5 Å². The van der Waals surface area contributed by atoms with Crippen LogP contribution in [0, 0.1) is 17.3 Å². The van der Waals surface area contributed by atoms with Gasteiger partial charge in [0, 0.05) is 22.3 Å². The molecular weight excluding hydrogens is 865 g/mol. The van der Waals surface area contributed by atoms with Crippen molar-refractivity contribution >= 4 is 41.8 Å². The number of esters is 7. The Morgan fingerprint density at radius 2 is 1.16 bits per heavy atom. The molecule has 0 atom stereocenters. The number of benzene rings is 2. The summed E-state index contributed by atoms with van der Waals surface area (Å²) in [5.74, 6) is -3.67. The molecule has 0 unspecified atom stereocenters. The predicted octanol–water partition coefficient (Wildman–Crippen LogP) is 8.51. The van der Waals surface area contributed by atoms with Gasteiger partial charge in [0.2, 0.25) is 0 Å². The van der Waals surface area contributed by atoms with Crippen LogP contribution in [0.25, 0.3) is 11.1 Å². The van der Waals surface area contributed by atoms with Gasteiger partial charge in [0.1, 0.15) is 43.3 Å². The number of unbranched alkanes of at least 4 members (excludes halogenated alkanes) is 2. The summed E-state index contributed by atoms with van der Waals surface area (Å²) in [5, 5.41) is 0. The SMILES string of the molecule is C=C(C)C(=O)OCCCc1cc(-c2ccc(OC(=O)C3CCC(CCCCC)CC3)cc2)ccc1OCC(COC(=O)CC(=C)C(=O)OC)(COC(=O)CC(=C)C(=O)OC)COC(=O)C(=C)C. The standard InChI is InChI=1S/C52H66O15/c1-10-11-12-14-38-16-18-40(19-17-38)51(59)67-43-23-20-39(21-24-43)41-22-25-44(42(29-41)15-13-26-62-47(55)34(2)3)63-30-52(33-66-48(56)35(4)5,31-64-45(53)27-36(6)49(57)60-8)32-65-46(54)28-37(7)50(58)61-9/h20-25,29,38,40H,2,4,6-7,10-19,26-28,30-33H2,1,3,5,8-9H3. The fourth-order valence-electron chi connectivity index (χ4n) is 7.10. The predicted molar refractivity (Wildman–Crippen MR) is 248 cm³/mol. The molecule has 1 aliphatic rings. The van der Waals surface area contributed by atoms with E-state index in [2.05, 4.69) is 42.7 Å². The van der Waals surface area contributed by atoms with Gasteiger partial charge in [0.15, 0.2) is 0 Å². The van der Waals surface area contributed by atoms with E-state index in [-0.39, 0.29) is 47.4 Å². The summed E-state index contributed by atoms with van der Waals surface area (Å²) in [4.78, 5) is 88.0. The molecule has 0 saturated heterocycles. The van der Waals surface area contributed by atoms with Crippen LogP contribution in [-0.4, -0.2) is 89.0 Å². The maximum Gasteiger partial charge on any atom is 0.333 e. The third-order valence-corrected chi connectivity index (χ3v) is 11.2. The lowest BCUT2D eigenvalue weighted by Gasteiger charge is -2.32. The fourth-order valence-corrected chi connectivity index (χ4v) is 7.10. The highest BCUT2D eigenvalue weighted by atomic mass is 16.6. The summed E-state index contributed by atoms with van der Waals surface area (Å²) < 4.78 is 43.5. The maximum absolute atomic E-state index is 13.1. The van der Waals surface area contributed by atoms with Crippen molar-refractivity contribution in [1.82, 2.24) is 0 Å². The van der Waals surface area contributed by atoms with Gasteiger partial charge in [-0.1, -0.05) is 77.1 Å². The molecule has 1 saturated carbocycles. The zero-order chi connectivity index (χ0) is 49.5. The van der Waals surface area contributed by atoms with Crippen molar-refractivity contribution in [3.63, 3.8) is 0 Å². The number of carbonyl (C=O) groups excluding carboxylic acids is 7. The largest absolute Gasteiger partial charge is 0.492 e. The highest BCUT2D eigenvalue weighted by Gasteiger charge is 2.38. The minimum absolute atomic E-state index is 0.0550. The Morgan fingerprint density at radius 1 is 0.627 bits per heavy atom. The van der Waals surface area contributed by atoms with Crippen molar-refractivity contribution in [3.8, 4) is 22.6 Å². The highest BCUT2D eigenvalue weighted by Crippen LogP contribution is 2.35. The Hall–Kier alpha value is -6.51. The summed E-state index contributed by atoms with van der Waals surface area (Å²) >= 11 is 0.